The largest absolute Gasteiger partial charge is 0.497 e. The van der Waals surface area contributed by atoms with Crippen molar-refractivity contribution in [3.05, 3.63) is 80.8 Å². The average Bonchev–Trinajstić information content (AvgIpc) is 3.35. The molecule has 208 valence electrons. The first-order valence-electron chi connectivity index (χ1n) is 13.1. The number of ether oxygens (including phenoxy) is 3. The van der Waals surface area contributed by atoms with Crippen LogP contribution in [0.4, 0.5) is 0 Å². The Morgan fingerprint density at radius 2 is 1.93 bits per heavy atom. The molecule has 3 aromatic carbocycles. The van der Waals surface area contributed by atoms with Crippen LogP contribution in [0.2, 0.25) is 0 Å². The molecule has 0 spiro atoms. The maximum Gasteiger partial charge on any atom is 0.306 e. The van der Waals surface area contributed by atoms with Gasteiger partial charge >= 0.3 is 5.97 Å². The van der Waals surface area contributed by atoms with Gasteiger partial charge < -0.3 is 19.1 Å². The normalized spacial score (nSPS) is 13.6. The number of hydrogen-bond acceptors (Lipinski definition) is 7. The molecule has 1 aliphatic heterocycles. The summed E-state index contributed by atoms with van der Waals surface area (Å²) < 4.78 is 18.7. The summed E-state index contributed by atoms with van der Waals surface area (Å²) in [7, 11) is 5.03. The highest BCUT2D eigenvalue weighted by Gasteiger charge is 2.29. The standard InChI is InChI=1S/C30H31BrN4O5/c1-5-40-28(36)16-24(19-13-26-29(27(14-19)39-4)34(2)33-32-26)22-8-6-7-18-17-35(12-11-21(18)22)30(37)23-10-9-20(38-3)15-25(23)31/h6-10,13-15,24H,5,11-12,16-17H2,1-4H3. The molecule has 40 heavy (non-hydrogen) atoms. The summed E-state index contributed by atoms with van der Waals surface area (Å²) in [4.78, 5) is 28.1. The molecule has 1 aliphatic rings. The van der Waals surface area contributed by atoms with Crippen LogP contribution in [0.3, 0.4) is 0 Å². The van der Waals surface area contributed by atoms with Gasteiger partial charge in [0.2, 0.25) is 0 Å². The summed E-state index contributed by atoms with van der Waals surface area (Å²) in [5.74, 6) is 0.709. The SMILES string of the molecule is CCOC(=O)CC(c1cc(OC)c2c(c1)nnn2C)c1cccc2c1CCN(C(=O)c1ccc(OC)cc1Br)C2. The van der Waals surface area contributed by atoms with Gasteiger partial charge in [0.15, 0.2) is 0 Å². The van der Waals surface area contributed by atoms with Gasteiger partial charge in [0, 0.05) is 30.5 Å². The molecule has 0 fully saturated rings. The highest BCUT2D eigenvalue weighted by molar-refractivity contribution is 9.10. The Morgan fingerprint density at radius 3 is 2.65 bits per heavy atom. The van der Waals surface area contributed by atoms with Gasteiger partial charge in [-0.05, 0) is 81.9 Å². The number of halogens is 1. The molecule has 4 aromatic rings. The molecular formula is C30H31BrN4O5. The number of esters is 1. The first-order chi connectivity index (χ1) is 19.3. The fourth-order valence-electron chi connectivity index (χ4n) is 5.43. The van der Waals surface area contributed by atoms with Crippen LogP contribution in [0.1, 0.15) is 51.9 Å². The molecule has 0 bridgehead atoms. The van der Waals surface area contributed by atoms with Crippen LogP contribution in [0.25, 0.3) is 11.0 Å². The second kappa shape index (κ2) is 11.7. The third kappa shape index (κ3) is 5.28. The van der Waals surface area contributed by atoms with E-state index in [1.54, 1.807) is 44.0 Å². The smallest absolute Gasteiger partial charge is 0.306 e. The van der Waals surface area contributed by atoms with E-state index in [0.717, 1.165) is 27.8 Å². The molecule has 5 rings (SSSR count). The zero-order valence-corrected chi connectivity index (χ0v) is 24.5. The van der Waals surface area contributed by atoms with Gasteiger partial charge in [0.25, 0.3) is 5.91 Å². The maximum atomic E-state index is 13.4. The number of methoxy groups -OCH3 is 2. The molecule has 1 unspecified atom stereocenters. The third-order valence-corrected chi connectivity index (χ3v) is 8.01. The van der Waals surface area contributed by atoms with Gasteiger partial charge in [-0.3, -0.25) is 9.59 Å². The van der Waals surface area contributed by atoms with E-state index in [4.69, 9.17) is 14.2 Å². The monoisotopic (exact) mass is 606 g/mol. The van der Waals surface area contributed by atoms with E-state index in [-0.39, 0.29) is 24.2 Å². The van der Waals surface area contributed by atoms with Crippen LogP contribution in [-0.4, -0.2) is 59.1 Å². The number of aromatic nitrogens is 3. The topological polar surface area (TPSA) is 95.8 Å². The van der Waals surface area contributed by atoms with E-state index in [0.29, 0.717) is 53.2 Å². The molecule has 1 amide bonds. The Labute approximate surface area is 241 Å². The van der Waals surface area contributed by atoms with Gasteiger partial charge in [-0.2, -0.15) is 0 Å². The van der Waals surface area contributed by atoms with Crippen molar-refractivity contribution in [2.24, 2.45) is 7.05 Å². The van der Waals surface area contributed by atoms with Crippen molar-refractivity contribution in [2.75, 3.05) is 27.4 Å². The van der Waals surface area contributed by atoms with Crippen molar-refractivity contribution < 1.29 is 23.8 Å². The van der Waals surface area contributed by atoms with E-state index < -0.39 is 0 Å². The van der Waals surface area contributed by atoms with Crippen molar-refractivity contribution in [1.82, 2.24) is 19.9 Å². The summed E-state index contributed by atoms with van der Waals surface area (Å²) >= 11 is 3.52. The minimum Gasteiger partial charge on any atom is -0.497 e. The summed E-state index contributed by atoms with van der Waals surface area (Å²) in [5, 5.41) is 8.45. The Balaban J connectivity index is 1.52. The number of nitrogens with zero attached hydrogens (tertiary/aromatic N) is 4. The van der Waals surface area contributed by atoms with Gasteiger partial charge in [0.1, 0.15) is 22.5 Å². The summed E-state index contributed by atoms with van der Waals surface area (Å²) in [6, 6.07) is 15.4. The molecule has 1 aromatic heterocycles. The molecule has 0 aliphatic carbocycles. The molecule has 0 N–H and O–H groups in total. The summed E-state index contributed by atoms with van der Waals surface area (Å²) in [6.07, 6.45) is 0.829. The third-order valence-electron chi connectivity index (χ3n) is 7.36. The molecule has 0 saturated heterocycles. The fourth-order valence-corrected chi connectivity index (χ4v) is 5.96. The van der Waals surface area contributed by atoms with E-state index in [9.17, 15) is 9.59 Å². The van der Waals surface area contributed by atoms with E-state index in [2.05, 4.69) is 38.4 Å². The zero-order valence-electron chi connectivity index (χ0n) is 22.9. The molecule has 9 nitrogen and oxygen atoms in total. The lowest BCUT2D eigenvalue weighted by Gasteiger charge is -2.32. The predicted octanol–water partition coefficient (Wildman–Crippen LogP) is 5.03. The van der Waals surface area contributed by atoms with Crippen LogP contribution in [0, 0.1) is 0 Å². The van der Waals surface area contributed by atoms with Gasteiger partial charge in [-0.25, -0.2) is 4.68 Å². The van der Waals surface area contributed by atoms with Crippen molar-refractivity contribution in [2.45, 2.75) is 32.2 Å². The Hall–Kier alpha value is -3.92. The average molecular weight is 608 g/mol. The number of rotatable bonds is 8. The zero-order chi connectivity index (χ0) is 28.4. The lowest BCUT2D eigenvalue weighted by Crippen LogP contribution is -2.36. The van der Waals surface area contributed by atoms with Crippen LogP contribution in [0.15, 0.2) is 53.0 Å². The van der Waals surface area contributed by atoms with Crippen molar-refractivity contribution in [3.63, 3.8) is 0 Å². The molecule has 1 atom stereocenters. The molecule has 10 heteroatoms. The maximum absolute atomic E-state index is 13.4. The van der Waals surface area contributed by atoms with Crippen molar-refractivity contribution in [1.29, 1.82) is 0 Å². The Kier molecular flexibility index (Phi) is 8.07. The van der Waals surface area contributed by atoms with Gasteiger partial charge in [0.05, 0.1) is 32.8 Å². The van der Waals surface area contributed by atoms with Crippen LogP contribution in [0.5, 0.6) is 11.5 Å². The number of fused-ring (bicyclic) bond motifs is 2. The Bertz CT molecular complexity index is 1580. The van der Waals surface area contributed by atoms with Crippen LogP contribution < -0.4 is 9.47 Å². The number of carbonyl (C=O) groups excluding carboxylic acids is 2. The number of aryl methyl sites for hydroxylation is 1. The highest BCUT2D eigenvalue weighted by Crippen LogP contribution is 2.38. The van der Waals surface area contributed by atoms with E-state index in [1.165, 1.54) is 0 Å². The second-order valence-corrected chi connectivity index (χ2v) is 10.5. The fraction of sp³-hybridized carbons (Fsp3) is 0.333. The number of amides is 1. The van der Waals surface area contributed by atoms with Crippen molar-refractivity contribution in [3.8, 4) is 11.5 Å². The second-order valence-electron chi connectivity index (χ2n) is 9.67. The Morgan fingerprint density at radius 1 is 1.10 bits per heavy atom. The first kappa shape index (κ1) is 27.6. The highest BCUT2D eigenvalue weighted by atomic mass is 79.9. The minimum atomic E-state index is -0.285. The summed E-state index contributed by atoms with van der Waals surface area (Å²) in [5.41, 5.74) is 6.20. The quantitative estimate of drug-likeness (QED) is 0.259. The summed E-state index contributed by atoms with van der Waals surface area (Å²) in [6.45, 7) is 3.14. The van der Waals surface area contributed by atoms with Gasteiger partial charge in [-0.1, -0.05) is 23.4 Å². The molecule has 0 radical (unpaired) electrons. The van der Waals surface area contributed by atoms with Crippen molar-refractivity contribution >= 4 is 38.8 Å². The molecular weight excluding hydrogens is 576 g/mol. The molecule has 0 saturated carbocycles. The number of carbonyl (C=O) groups is 2. The predicted molar refractivity (Wildman–Crippen MR) is 154 cm³/mol. The number of hydrogen-bond donors (Lipinski definition) is 0. The molecule has 2 heterocycles. The first-order valence-corrected chi connectivity index (χ1v) is 13.9. The van der Waals surface area contributed by atoms with Crippen LogP contribution >= 0.6 is 15.9 Å². The van der Waals surface area contributed by atoms with E-state index >= 15 is 0 Å². The van der Waals surface area contributed by atoms with Gasteiger partial charge in [-0.15, -0.1) is 5.10 Å². The lowest BCUT2D eigenvalue weighted by molar-refractivity contribution is -0.143. The minimum absolute atomic E-state index is 0.0495. The number of benzene rings is 3. The van der Waals surface area contributed by atoms with Crippen LogP contribution in [-0.2, 0) is 29.5 Å². The van der Waals surface area contributed by atoms with E-state index in [1.807, 2.05) is 30.1 Å². The lowest BCUT2D eigenvalue weighted by atomic mass is 9.82.